The van der Waals surface area contributed by atoms with Crippen LogP contribution in [0.5, 0.6) is 0 Å². The molecule has 3 fully saturated rings. The van der Waals surface area contributed by atoms with E-state index in [9.17, 15) is 4.79 Å². The van der Waals surface area contributed by atoms with Crippen LogP contribution in [0.2, 0.25) is 0 Å². The third kappa shape index (κ3) is 3.11. The van der Waals surface area contributed by atoms with Crippen LogP contribution >= 0.6 is 0 Å². The highest BCUT2D eigenvalue weighted by atomic mass is 16.5. The third-order valence-corrected chi connectivity index (χ3v) is 6.64. The summed E-state index contributed by atoms with van der Waals surface area (Å²) in [5.74, 6) is 0.266. The van der Waals surface area contributed by atoms with E-state index < -0.39 is 0 Å². The van der Waals surface area contributed by atoms with Gasteiger partial charge in [-0.25, -0.2) is 0 Å². The lowest BCUT2D eigenvalue weighted by Crippen LogP contribution is -2.41. The van der Waals surface area contributed by atoms with Crippen LogP contribution in [0, 0.1) is 5.41 Å². The molecule has 1 unspecified atom stereocenters. The molecule has 0 aromatic heterocycles. The van der Waals surface area contributed by atoms with Gasteiger partial charge >= 0.3 is 0 Å². The molecule has 1 saturated heterocycles. The zero-order valence-corrected chi connectivity index (χ0v) is 15.1. The standard InChI is InChI=1S/C21H30N2O2/c24-19(22-11-6-12-23-13-15-25-16-14-23)21(18-7-2-1-3-8-18)17-20(21)9-4-5-10-20/h1-3,7-8H,4-6,9-17H2,(H,22,24). The second kappa shape index (κ2) is 7.08. The van der Waals surface area contributed by atoms with Crippen LogP contribution in [-0.2, 0) is 14.9 Å². The second-order valence-corrected chi connectivity index (χ2v) is 8.00. The van der Waals surface area contributed by atoms with Gasteiger partial charge in [0.1, 0.15) is 0 Å². The van der Waals surface area contributed by atoms with E-state index in [0.717, 1.165) is 52.2 Å². The molecule has 4 heteroatoms. The van der Waals surface area contributed by atoms with Crippen LogP contribution in [0.4, 0.5) is 0 Å². The SMILES string of the molecule is O=C(NCCCN1CCOCC1)C1(c2ccccc2)CC12CCCC2. The first-order valence-corrected chi connectivity index (χ1v) is 9.91. The minimum atomic E-state index is -0.260. The van der Waals surface area contributed by atoms with E-state index in [2.05, 4.69) is 34.5 Å². The highest BCUT2D eigenvalue weighted by Gasteiger charge is 2.72. The van der Waals surface area contributed by atoms with Gasteiger partial charge in [0.05, 0.1) is 18.6 Å². The van der Waals surface area contributed by atoms with Gasteiger partial charge in [-0.3, -0.25) is 9.69 Å². The van der Waals surface area contributed by atoms with Crippen LogP contribution in [0.25, 0.3) is 0 Å². The maximum Gasteiger partial charge on any atom is 0.231 e. The van der Waals surface area contributed by atoms with Crippen molar-refractivity contribution in [3.63, 3.8) is 0 Å². The first-order chi connectivity index (χ1) is 12.3. The second-order valence-electron chi connectivity index (χ2n) is 8.00. The fourth-order valence-electron chi connectivity index (χ4n) is 5.18. The van der Waals surface area contributed by atoms with Crippen molar-refractivity contribution in [3.8, 4) is 0 Å². The highest BCUT2D eigenvalue weighted by Crippen LogP contribution is 2.72. The Kier molecular flexibility index (Phi) is 4.83. The summed E-state index contributed by atoms with van der Waals surface area (Å²) >= 11 is 0. The van der Waals surface area contributed by atoms with E-state index in [1.54, 1.807) is 0 Å². The third-order valence-electron chi connectivity index (χ3n) is 6.64. The fourth-order valence-corrected chi connectivity index (χ4v) is 5.18. The minimum Gasteiger partial charge on any atom is -0.379 e. The normalized spacial score (nSPS) is 28.2. The van der Waals surface area contributed by atoms with E-state index in [1.165, 1.54) is 31.2 Å². The topological polar surface area (TPSA) is 41.6 Å². The van der Waals surface area contributed by atoms with Gasteiger partial charge in [-0.15, -0.1) is 0 Å². The van der Waals surface area contributed by atoms with E-state index in [0.29, 0.717) is 0 Å². The summed E-state index contributed by atoms with van der Waals surface area (Å²) in [6.45, 7) is 5.54. The van der Waals surface area contributed by atoms with Crippen LogP contribution in [0.3, 0.4) is 0 Å². The molecule has 1 amide bonds. The van der Waals surface area contributed by atoms with Gasteiger partial charge in [0.25, 0.3) is 0 Å². The molecule has 0 radical (unpaired) electrons. The molecule has 1 aromatic carbocycles. The predicted molar refractivity (Wildman–Crippen MR) is 98.5 cm³/mol. The summed E-state index contributed by atoms with van der Waals surface area (Å²) in [6.07, 6.45) is 7.03. The molecule has 25 heavy (non-hydrogen) atoms. The molecule has 3 aliphatic rings. The van der Waals surface area contributed by atoms with Crippen molar-refractivity contribution in [3.05, 3.63) is 35.9 Å². The summed E-state index contributed by atoms with van der Waals surface area (Å²) in [6, 6.07) is 10.5. The number of nitrogens with zero attached hydrogens (tertiary/aromatic N) is 1. The number of carbonyl (C=O) groups excluding carboxylic acids is 1. The fraction of sp³-hybridized carbons (Fsp3) is 0.667. The van der Waals surface area contributed by atoms with Crippen molar-refractivity contribution in [1.82, 2.24) is 10.2 Å². The Hall–Kier alpha value is -1.39. The van der Waals surface area contributed by atoms with Gasteiger partial charge in [0.2, 0.25) is 5.91 Å². The van der Waals surface area contributed by atoms with Crippen LogP contribution < -0.4 is 5.32 Å². The summed E-state index contributed by atoms with van der Waals surface area (Å²) in [4.78, 5) is 15.6. The lowest BCUT2D eigenvalue weighted by atomic mass is 9.84. The Morgan fingerprint density at radius 3 is 2.56 bits per heavy atom. The Morgan fingerprint density at radius 2 is 1.84 bits per heavy atom. The molecular formula is C21H30N2O2. The number of amides is 1. The molecule has 1 atom stereocenters. The zero-order chi connectivity index (χ0) is 17.2. The lowest BCUT2D eigenvalue weighted by molar-refractivity contribution is -0.124. The van der Waals surface area contributed by atoms with Gasteiger partial charge in [-0.2, -0.15) is 0 Å². The summed E-state index contributed by atoms with van der Waals surface area (Å²) in [5, 5.41) is 3.28. The van der Waals surface area contributed by atoms with Crippen molar-refractivity contribution < 1.29 is 9.53 Å². The molecule has 1 N–H and O–H groups in total. The minimum absolute atomic E-state index is 0.239. The van der Waals surface area contributed by atoms with Crippen LogP contribution in [0.15, 0.2) is 30.3 Å². The van der Waals surface area contributed by atoms with E-state index in [1.807, 2.05) is 6.07 Å². The molecule has 1 heterocycles. The quantitative estimate of drug-likeness (QED) is 0.808. The molecule has 0 bridgehead atoms. The number of morpholine rings is 1. The Balaban J connectivity index is 1.36. The smallest absolute Gasteiger partial charge is 0.231 e. The van der Waals surface area contributed by atoms with Crippen molar-refractivity contribution >= 4 is 5.91 Å². The number of hydrogen-bond donors (Lipinski definition) is 1. The van der Waals surface area contributed by atoms with Crippen molar-refractivity contribution in [2.24, 2.45) is 5.41 Å². The molecule has 4 nitrogen and oxygen atoms in total. The molecule has 1 spiro atoms. The monoisotopic (exact) mass is 342 g/mol. The molecule has 1 aliphatic heterocycles. The summed E-state index contributed by atoms with van der Waals surface area (Å²) < 4.78 is 5.39. The number of rotatable bonds is 6. The van der Waals surface area contributed by atoms with Gasteiger partial charge < -0.3 is 10.1 Å². The van der Waals surface area contributed by atoms with Gasteiger partial charge in [-0.1, -0.05) is 43.2 Å². The Labute approximate surface area is 150 Å². The highest BCUT2D eigenvalue weighted by molar-refractivity contribution is 5.93. The molecule has 1 aromatic rings. The first kappa shape index (κ1) is 17.0. The number of hydrogen-bond acceptors (Lipinski definition) is 3. The van der Waals surface area contributed by atoms with Crippen molar-refractivity contribution in [1.29, 1.82) is 0 Å². The van der Waals surface area contributed by atoms with Gasteiger partial charge in [0.15, 0.2) is 0 Å². The Morgan fingerprint density at radius 1 is 1.12 bits per heavy atom. The summed E-state index contributed by atoms with van der Waals surface area (Å²) in [7, 11) is 0. The van der Waals surface area contributed by atoms with Gasteiger partial charge in [0, 0.05) is 19.6 Å². The predicted octanol–water partition coefficient (Wildman–Crippen LogP) is 2.73. The average Bonchev–Trinajstić information content (AvgIpc) is 3.08. The van der Waals surface area contributed by atoms with E-state index in [4.69, 9.17) is 4.74 Å². The number of benzene rings is 1. The van der Waals surface area contributed by atoms with E-state index >= 15 is 0 Å². The average molecular weight is 342 g/mol. The Bertz CT molecular complexity index is 591. The van der Waals surface area contributed by atoms with Crippen molar-refractivity contribution in [2.75, 3.05) is 39.4 Å². The number of ether oxygens (including phenoxy) is 1. The van der Waals surface area contributed by atoms with Crippen LogP contribution in [0.1, 0.15) is 44.1 Å². The van der Waals surface area contributed by atoms with E-state index in [-0.39, 0.29) is 16.7 Å². The number of nitrogens with one attached hydrogen (secondary N) is 1. The summed E-state index contributed by atoms with van der Waals surface area (Å²) in [5.41, 5.74) is 1.20. The first-order valence-electron chi connectivity index (χ1n) is 9.91. The molecule has 4 rings (SSSR count). The maximum absolute atomic E-state index is 13.2. The zero-order valence-electron chi connectivity index (χ0n) is 15.1. The van der Waals surface area contributed by atoms with Crippen molar-refractivity contribution in [2.45, 2.75) is 43.9 Å². The van der Waals surface area contributed by atoms with Gasteiger partial charge in [-0.05, 0) is 43.2 Å². The molecule has 136 valence electrons. The molecule has 2 aliphatic carbocycles. The largest absolute Gasteiger partial charge is 0.379 e. The van der Waals surface area contributed by atoms with Crippen LogP contribution in [-0.4, -0.2) is 50.2 Å². The molecular weight excluding hydrogens is 312 g/mol. The number of carbonyl (C=O) groups is 1. The lowest BCUT2D eigenvalue weighted by Gasteiger charge is -2.27. The maximum atomic E-state index is 13.2. The molecule has 2 saturated carbocycles.